The summed E-state index contributed by atoms with van der Waals surface area (Å²) in [6.07, 6.45) is 0. The van der Waals surface area contributed by atoms with E-state index in [-0.39, 0.29) is 17.7 Å². The molecule has 3 rings (SSSR count). The molecule has 0 aliphatic carbocycles. The average Bonchev–Trinajstić information content (AvgIpc) is 3.01. The quantitative estimate of drug-likeness (QED) is 0.592. The van der Waals surface area contributed by atoms with Crippen molar-refractivity contribution in [1.82, 2.24) is 10.2 Å². The molecule has 1 atom stereocenters. The molecule has 124 valence electrons. The molecule has 0 bridgehead atoms. The van der Waals surface area contributed by atoms with E-state index >= 15 is 0 Å². The van der Waals surface area contributed by atoms with E-state index < -0.39 is 0 Å². The standard InChI is InChI=1S/C18H17FN2O2S/c1-12-4-3-5-16(10-12)22-11-17-20-21-18(23-17)24-13(2)14-6-8-15(19)9-7-14/h3-10,13H,11H2,1-2H3/t13-/m0/s1. The monoisotopic (exact) mass is 344 g/mol. The minimum absolute atomic E-state index is 0.0802. The van der Waals surface area contributed by atoms with Gasteiger partial charge in [0, 0.05) is 5.25 Å². The van der Waals surface area contributed by atoms with Crippen LogP contribution in [0.25, 0.3) is 0 Å². The SMILES string of the molecule is Cc1cccc(OCc2nnc(S[C@@H](C)c3ccc(F)cc3)o2)c1. The number of aromatic nitrogens is 2. The number of hydrogen-bond donors (Lipinski definition) is 0. The van der Waals surface area contributed by atoms with Gasteiger partial charge in [0.05, 0.1) is 0 Å². The maximum atomic E-state index is 13.0. The third kappa shape index (κ3) is 4.35. The second-order valence-electron chi connectivity index (χ2n) is 5.38. The van der Waals surface area contributed by atoms with Crippen molar-refractivity contribution in [2.75, 3.05) is 0 Å². The van der Waals surface area contributed by atoms with Crippen LogP contribution in [0.2, 0.25) is 0 Å². The van der Waals surface area contributed by atoms with Crippen molar-refractivity contribution in [1.29, 1.82) is 0 Å². The Morgan fingerprint density at radius 2 is 1.96 bits per heavy atom. The first-order valence-electron chi connectivity index (χ1n) is 7.54. The minimum atomic E-state index is -0.246. The molecule has 0 radical (unpaired) electrons. The van der Waals surface area contributed by atoms with Crippen LogP contribution in [0.3, 0.4) is 0 Å². The Kier molecular flexibility index (Phi) is 5.15. The maximum Gasteiger partial charge on any atom is 0.277 e. The van der Waals surface area contributed by atoms with Gasteiger partial charge in [-0.1, -0.05) is 36.0 Å². The minimum Gasteiger partial charge on any atom is -0.484 e. The number of rotatable bonds is 6. The lowest BCUT2D eigenvalue weighted by Crippen LogP contribution is -1.95. The van der Waals surface area contributed by atoms with Crippen molar-refractivity contribution >= 4 is 11.8 Å². The highest BCUT2D eigenvalue weighted by atomic mass is 32.2. The number of halogens is 1. The van der Waals surface area contributed by atoms with Crippen LogP contribution in [0.1, 0.15) is 29.2 Å². The predicted molar refractivity (Wildman–Crippen MR) is 90.5 cm³/mol. The molecule has 6 heteroatoms. The largest absolute Gasteiger partial charge is 0.484 e. The van der Waals surface area contributed by atoms with E-state index in [4.69, 9.17) is 9.15 Å². The zero-order chi connectivity index (χ0) is 16.9. The van der Waals surface area contributed by atoms with Crippen molar-refractivity contribution in [3.8, 4) is 5.75 Å². The van der Waals surface area contributed by atoms with Crippen LogP contribution in [0.15, 0.2) is 58.2 Å². The molecule has 0 unspecified atom stereocenters. The van der Waals surface area contributed by atoms with E-state index in [1.807, 2.05) is 38.1 Å². The summed E-state index contributed by atoms with van der Waals surface area (Å²) in [7, 11) is 0. The topological polar surface area (TPSA) is 48.2 Å². The third-order valence-electron chi connectivity index (χ3n) is 3.42. The molecule has 0 aliphatic heterocycles. The Labute approximate surface area is 144 Å². The first kappa shape index (κ1) is 16.5. The molecule has 0 saturated heterocycles. The molecule has 0 aliphatic rings. The number of aryl methyl sites for hydroxylation is 1. The molecule has 0 spiro atoms. The van der Waals surface area contributed by atoms with Gasteiger partial charge >= 0.3 is 0 Å². The van der Waals surface area contributed by atoms with Crippen LogP contribution in [0, 0.1) is 12.7 Å². The normalized spacial score (nSPS) is 12.1. The fourth-order valence-electron chi connectivity index (χ4n) is 2.15. The molecule has 0 N–H and O–H groups in total. The van der Waals surface area contributed by atoms with E-state index in [0.29, 0.717) is 11.1 Å². The van der Waals surface area contributed by atoms with Gasteiger partial charge in [-0.05, 0) is 49.2 Å². The highest BCUT2D eigenvalue weighted by molar-refractivity contribution is 7.99. The van der Waals surface area contributed by atoms with Gasteiger partial charge in [-0.3, -0.25) is 0 Å². The average molecular weight is 344 g/mol. The molecule has 1 aromatic heterocycles. The van der Waals surface area contributed by atoms with Gasteiger partial charge in [-0.15, -0.1) is 10.2 Å². The van der Waals surface area contributed by atoms with Gasteiger partial charge in [0.2, 0.25) is 0 Å². The number of thioether (sulfide) groups is 1. The van der Waals surface area contributed by atoms with Gasteiger partial charge in [-0.25, -0.2) is 4.39 Å². The zero-order valence-corrected chi connectivity index (χ0v) is 14.2. The van der Waals surface area contributed by atoms with Gasteiger partial charge < -0.3 is 9.15 Å². The van der Waals surface area contributed by atoms with E-state index in [1.54, 1.807) is 12.1 Å². The van der Waals surface area contributed by atoms with Crippen molar-refractivity contribution in [3.63, 3.8) is 0 Å². The predicted octanol–water partition coefficient (Wildman–Crippen LogP) is 4.95. The molecule has 3 aromatic rings. The Bertz CT molecular complexity index is 805. The lowest BCUT2D eigenvalue weighted by molar-refractivity contribution is 0.252. The molecule has 4 nitrogen and oxygen atoms in total. The smallest absolute Gasteiger partial charge is 0.277 e. The summed E-state index contributed by atoms with van der Waals surface area (Å²) in [5.74, 6) is 0.941. The van der Waals surface area contributed by atoms with Crippen LogP contribution >= 0.6 is 11.8 Å². The Morgan fingerprint density at radius 3 is 2.71 bits per heavy atom. The molecule has 0 fully saturated rings. The molecular formula is C18H17FN2O2S. The van der Waals surface area contributed by atoms with Crippen LogP contribution < -0.4 is 4.74 Å². The maximum absolute atomic E-state index is 13.0. The summed E-state index contributed by atoms with van der Waals surface area (Å²) in [6, 6.07) is 14.2. The highest BCUT2D eigenvalue weighted by Gasteiger charge is 2.13. The second-order valence-corrected chi connectivity index (χ2v) is 6.67. The van der Waals surface area contributed by atoms with Crippen LogP contribution in [0.5, 0.6) is 5.75 Å². The summed E-state index contributed by atoms with van der Waals surface area (Å²) in [6.45, 7) is 4.23. The highest BCUT2D eigenvalue weighted by Crippen LogP contribution is 2.33. The van der Waals surface area contributed by atoms with E-state index in [2.05, 4.69) is 10.2 Å². The van der Waals surface area contributed by atoms with Gasteiger partial charge in [0.25, 0.3) is 11.1 Å². The van der Waals surface area contributed by atoms with Gasteiger partial charge in [0.1, 0.15) is 11.6 Å². The lowest BCUT2D eigenvalue weighted by atomic mass is 10.2. The summed E-state index contributed by atoms with van der Waals surface area (Å²) in [4.78, 5) is 0. The van der Waals surface area contributed by atoms with Crippen LogP contribution in [-0.2, 0) is 6.61 Å². The third-order valence-corrected chi connectivity index (χ3v) is 4.41. The van der Waals surface area contributed by atoms with Crippen molar-refractivity contribution in [3.05, 3.63) is 71.4 Å². The van der Waals surface area contributed by atoms with Crippen molar-refractivity contribution < 1.29 is 13.5 Å². The van der Waals surface area contributed by atoms with Crippen LogP contribution in [0.4, 0.5) is 4.39 Å². The number of benzene rings is 2. The Morgan fingerprint density at radius 1 is 1.17 bits per heavy atom. The fourth-order valence-corrected chi connectivity index (χ4v) is 2.98. The zero-order valence-electron chi connectivity index (χ0n) is 13.4. The molecular weight excluding hydrogens is 327 g/mol. The first-order chi connectivity index (χ1) is 11.6. The molecule has 1 heterocycles. The van der Waals surface area contributed by atoms with E-state index in [9.17, 15) is 4.39 Å². The first-order valence-corrected chi connectivity index (χ1v) is 8.42. The van der Waals surface area contributed by atoms with Crippen molar-refractivity contribution in [2.45, 2.75) is 30.9 Å². The summed E-state index contributed by atoms with van der Waals surface area (Å²) >= 11 is 1.43. The molecule has 2 aromatic carbocycles. The fraction of sp³-hybridized carbons (Fsp3) is 0.222. The molecule has 24 heavy (non-hydrogen) atoms. The molecule has 0 amide bonds. The van der Waals surface area contributed by atoms with Gasteiger partial charge in [0.15, 0.2) is 6.61 Å². The Hall–Kier alpha value is -2.34. The second kappa shape index (κ2) is 7.49. The summed E-state index contributed by atoms with van der Waals surface area (Å²) in [5.41, 5.74) is 2.12. The molecule has 0 saturated carbocycles. The van der Waals surface area contributed by atoms with Gasteiger partial charge in [-0.2, -0.15) is 0 Å². The van der Waals surface area contributed by atoms with Crippen LogP contribution in [-0.4, -0.2) is 10.2 Å². The van der Waals surface area contributed by atoms with E-state index in [1.165, 1.54) is 23.9 Å². The van der Waals surface area contributed by atoms with E-state index in [0.717, 1.165) is 16.9 Å². The number of ether oxygens (including phenoxy) is 1. The summed E-state index contributed by atoms with van der Waals surface area (Å²) < 4.78 is 24.2. The number of hydrogen-bond acceptors (Lipinski definition) is 5. The summed E-state index contributed by atoms with van der Waals surface area (Å²) in [5, 5.41) is 8.56. The Balaban J connectivity index is 1.58. The lowest BCUT2D eigenvalue weighted by Gasteiger charge is -2.08. The van der Waals surface area contributed by atoms with Crippen molar-refractivity contribution in [2.24, 2.45) is 0 Å². The number of nitrogens with zero attached hydrogens (tertiary/aromatic N) is 2.